The highest BCUT2D eigenvalue weighted by molar-refractivity contribution is 5.94. The third-order valence-corrected chi connectivity index (χ3v) is 3.72. The molecule has 1 aliphatic carbocycles. The van der Waals surface area contributed by atoms with E-state index in [2.05, 4.69) is 0 Å². The molecule has 0 unspecified atom stereocenters. The third-order valence-electron chi connectivity index (χ3n) is 3.72. The van der Waals surface area contributed by atoms with E-state index < -0.39 is 0 Å². The second-order valence-electron chi connectivity index (χ2n) is 5.24. The van der Waals surface area contributed by atoms with Gasteiger partial charge in [-0.2, -0.15) is 0 Å². The summed E-state index contributed by atoms with van der Waals surface area (Å²) in [6.45, 7) is 0.847. The Morgan fingerprint density at radius 2 is 1.83 bits per heavy atom. The van der Waals surface area contributed by atoms with Crippen LogP contribution in [0.4, 0.5) is 0 Å². The summed E-state index contributed by atoms with van der Waals surface area (Å²) in [5.74, 6) is 0.895. The predicted molar refractivity (Wildman–Crippen MR) is 71.6 cm³/mol. The Bertz CT molecular complexity index is 393. The lowest BCUT2D eigenvalue weighted by Gasteiger charge is -2.27. The van der Waals surface area contributed by atoms with Crippen LogP contribution in [0.1, 0.15) is 42.5 Å². The molecule has 1 aliphatic rings. The number of phenols is 1. The molecular weight excluding hydrogens is 226 g/mol. The first-order valence-corrected chi connectivity index (χ1v) is 6.71. The smallest absolute Gasteiger partial charge is 0.253 e. The number of carbonyl (C=O) groups excluding carboxylic acids is 1. The Morgan fingerprint density at radius 1 is 1.22 bits per heavy atom. The fraction of sp³-hybridized carbons (Fsp3) is 0.533. The number of hydrogen-bond donors (Lipinski definition) is 1. The minimum Gasteiger partial charge on any atom is -0.508 e. The number of amides is 1. The molecule has 0 bridgehead atoms. The lowest BCUT2D eigenvalue weighted by Crippen LogP contribution is -2.32. The Labute approximate surface area is 108 Å². The summed E-state index contributed by atoms with van der Waals surface area (Å²) < 4.78 is 0. The van der Waals surface area contributed by atoms with E-state index in [1.807, 2.05) is 11.9 Å². The van der Waals surface area contributed by atoms with Gasteiger partial charge in [-0.15, -0.1) is 0 Å². The van der Waals surface area contributed by atoms with Crippen LogP contribution in [0.3, 0.4) is 0 Å². The molecule has 3 heteroatoms. The van der Waals surface area contributed by atoms with Gasteiger partial charge in [0, 0.05) is 19.2 Å². The maximum atomic E-state index is 12.2. The molecule has 0 spiro atoms. The zero-order valence-corrected chi connectivity index (χ0v) is 10.9. The first-order chi connectivity index (χ1) is 8.66. The van der Waals surface area contributed by atoms with E-state index in [-0.39, 0.29) is 11.7 Å². The molecule has 0 aromatic heterocycles. The van der Waals surface area contributed by atoms with E-state index in [0.717, 1.165) is 6.54 Å². The number of nitrogens with zero attached hydrogens (tertiary/aromatic N) is 1. The van der Waals surface area contributed by atoms with Gasteiger partial charge in [-0.1, -0.05) is 19.3 Å². The van der Waals surface area contributed by atoms with E-state index in [9.17, 15) is 9.90 Å². The van der Waals surface area contributed by atoms with Crippen molar-refractivity contribution in [3.8, 4) is 5.75 Å². The van der Waals surface area contributed by atoms with Crippen LogP contribution in [0.15, 0.2) is 24.3 Å². The van der Waals surface area contributed by atoms with Crippen molar-refractivity contribution < 1.29 is 9.90 Å². The fourth-order valence-corrected chi connectivity index (χ4v) is 2.66. The molecule has 18 heavy (non-hydrogen) atoms. The zero-order valence-electron chi connectivity index (χ0n) is 10.9. The van der Waals surface area contributed by atoms with Crippen LogP contribution in [0.25, 0.3) is 0 Å². The predicted octanol–water partition coefficient (Wildman–Crippen LogP) is 3.04. The topological polar surface area (TPSA) is 40.5 Å². The Balaban J connectivity index is 1.93. The van der Waals surface area contributed by atoms with Crippen LogP contribution in [-0.2, 0) is 0 Å². The van der Waals surface area contributed by atoms with Gasteiger partial charge in [0.2, 0.25) is 0 Å². The lowest BCUT2D eigenvalue weighted by molar-refractivity contribution is 0.0760. The Morgan fingerprint density at radius 3 is 2.44 bits per heavy atom. The summed E-state index contributed by atoms with van der Waals surface area (Å²) in [7, 11) is 1.86. The minimum atomic E-state index is 0.0422. The van der Waals surface area contributed by atoms with Gasteiger partial charge in [-0.25, -0.2) is 0 Å². The molecule has 2 rings (SSSR count). The maximum absolute atomic E-state index is 12.2. The summed E-state index contributed by atoms with van der Waals surface area (Å²) >= 11 is 0. The van der Waals surface area contributed by atoms with Gasteiger partial charge in [0.1, 0.15) is 5.75 Å². The zero-order chi connectivity index (χ0) is 13.0. The molecule has 1 aromatic carbocycles. The SMILES string of the molecule is CN(CC1CCCCC1)C(=O)c1ccc(O)cc1. The van der Waals surface area contributed by atoms with E-state index in [1.54, 1.807) is 24.3 Å². The van der Waals surface area contributed by atoms with Gasteiger partial charge in [0.15, 0.2) is 0 Å². The highest BCUT2D eigenvalue weighted by atomic mass is 16.3. The number of rotatable bonds is 3. The quantitative estimate of drug-likeness (QED) is 0.891. The van der Waals surface area contributed by atoms with Crippen molar-refractivity contribution in [2.24, 2.45) is 5.92 Å². The van der Waals surface area contributed by atoms with Gasteiger partial charge < -0.3 is 10.0 Å². The summed E-state index contributed by atoms with van der Waals surface area (Å²) in [4.78, 5) is 14.0. The van der Waals surface area contributed by atoms with E-state index in [0.29, 0.717) is 11.5 Å². The molecule has 0 saturated heterocycles. The Hall–Kier alpha value is -1.51. The molecule has 1 saturated carbocycles. The molecular formula is C15H21NO2. The monoisotopic (exact) mass is 247 g/mol. The van der Waals surface area contributed by atoms with Crippen LogP contribution >= 0.6 is 0 Å². The number of hydrogen-bond acceptors (Lipinski definition) is 2. The largest absolute Gasteiger partial charge is 0.508 e. The number of carbonyl (C=O) groups is 1. The molecule has 0 radical (unpaired) electrons. The molecule has 3 nitrogen and oxygen atoms in total. The molecule has 98 valence electrons. The molecule has 1 N–H and O–H groups in total. The van der Waals surface area contributed by atoms with Crippen LogP contribution in [0.5, 0.6) is 5.75 Å². The van der Waals surface area contributed by atoms with Crippen LogP contribution in [0, 0.1) is 5.92 Å². The molecule has 1 aromatic rings. The van der Waals surface area contributed by atoms with Crippen molar-refractivity contribution in [1.29, 1.82) is 0 Å². The van der Waals surface area contributed by atoms with Crippen molar-refractivity contribution in [3.63, 3.8) is 0 Å². The van der Waals surface area contributed by atoms with Crippen LogP contribution < -0.4 is 0 Å². The number of aromatic hydroxyl groups is 1. The summed E-state index contributed by atoms with van der Waals surface area (Å²) in [5.41, 5.74) is 0.645. The number of benzene rings is 1. The molecule has 0 aliphatic heterocycles. The first-order valence-electron chi connectivity index (χ1n) is 6.71. The average molecular weight is 247 g/mol. The summed E-state index contributed by atoms with van der Waals surface area (Å²) in [5, 5.41) is 9.21. The number of phenolic OH excluding ortho intramolecular Hbond substituents is 1. The third kappa shape index (κ3) is 3.25. The van der Waals surface area contributed by atoms with Crippen LogP contribution in [-0.4, -0.2) is 29.5 Å². The standard InChI is InChI=1S/C15H21NO2/c1-16(11-12-5-3-2-4-6-12)15(18)13-7-9-14(17)10-8-13/h7-10,12,17H,2-6,11H2,1H3. The van der Waals surface area contributed by atoms with Crippen molar-refractivity contribution in [2.75, 3.05) is 13.6 Å². The Kier molecular flexibility index (Phi) is 4.24. The normalized spacial score (nSPS) is 16.5. The second kappa shape index (κ2) is 5.89. The van der Waals surface area contributed by atoms with Gasteiger partial charge in [-0.3, -0.25) is 4.79 Å². The molecule has 0 atom stereocenters. The maximum Gasteiger partial charge on any atom is 0.253 e. The van der Waals surface area contributed by atoms with Crippen molar-refractivity contribution in [3.05, 3.63) is 29.8 Å². The van der Waals surface area contributed by atoms with Gasteiger partial charge in [-0.05, 0) is 43.0 Å². The average Bonchev–Trinajstić information content (AvgIpc) is 2.40. The van der Waals surface area contributed by atoms with Crippen molar-refractivity contribution in [2.45, 2.75) is 32.1 Å². The van der Waals surface area contributed by atoms with Gasteiger partial charge >= 0.3 is 0 Å². The minimum absolute atomic E-state index is 0.0422. The molecule has 0 heterocycles. The fourth-order valence-electron chi connectivity index (χ4n) is 2.66. The molecule has 1 amide bonds. The summed E-state index contributed by atoms with van der Waals surface area (Å²) in [6.07, 6.45) is 6.42. The van der Waals surface area contributed by atoms with Gasteiger partial charge in [0.25, 0.3) is 5.91 Å². The second-order valence-corrected chi connectivity index (χ2v) is 5.24. The van der Waals surface area contributed by atoms with E-state index in [1.165, 1.54) is 32.1 Å². The van der Waals surface area contributed by atoms with Crippen molar-refractivity contribution in [1.82, 2.24) is 4.90 Å². The first kappa shape index (κ1) is 12.9. The lowest BCUT2D eigenvalue weighted by atomic mass is 9.89. The highest BCUT2D eigenvalue weighted by Gasteiger charge is 2.19. The molecule has 1 fully saturated rings. The van der Waals surface area contributed by atoms with E-state index in [4.69, 9.17) is 0 Å². The van der Waals surface area contributed by atoms with Gasteiger partial charge in [0.05, 0.1) is 0 Å². The van der Waals surface area contributed by atoms with Crippen molar-refractivity contribution >= 4 is 5.91 Å². The van der Waals surface area contributed by atoms with E-state index >= 15 is 0 Å². The van der Waals surface area contributed by atoms with Crippen LogP contribution in [0.2, 0.25) is 0 Å². The summed E-state index contributed by atoms with van der Waals surface area (Å²) in [6, 6.07) is 6.47. The highest BCUT2D eigenvalue weighted by Crippen LogP contribution is 2.24.